The molecule has 0 aliphatic heterocycles. The van der Waals surface area contributed by atoms with Crippen LogP contribution in [0.2, 0.25) is 5.02 Å². The monoisotopic (exact) mass is 458 g/mol. The van der Waals surface area contributed by atoms with Crippen LogP contribution in [-0.2, 0) is 19.6 Å². The summed E-state index contributed by atoms with van der Waals surface area (Å²) in [5.74, 6) is -1.47. The Kier molecular flexibility index (Phi) is 6.74. The number of halogens is 1. The fourth-order valence-corrected chi connectivity index (χ4v) is 3.84. The van der Waals surface area contributed by atoms with Crippen LogP contribution in [0, 0.1) is 6.92 Å². The van der Waals surface area contributed by atoms with Gasteiger partial charge >= 0.3 is 5.97 Å². The summed E-state index contributed by atoms with van der Waals surface area (Å²) in [5, 5.41) is 7.72. The molecule has 3 aromatic rings. The van der Waals surface area contributed by atoms with E-state index in [1.54, 1.807) is 42.5 Å². The van der Waals surface area contributed by atoms with Crippen LogP contribution in [0.4, 0.5) is 5.69 Å². The number of hydrogen-bond donors (Lipinski definition) is 2. The fraction of sp³-hybridized carbons (Fsp3) is 0.0909. The standard InChI is InChI=1S/C22H19ClN2O5S/c1-14-7-10-17(11-8-14)25-21(26)20(15-5-3-2-4-6-15)30-22(27)16-9-12-18(23)19(13-16)31(24,28)29/h2-13,20H,1H3,(H,25,26)(H2,24,28,29). The highest BCUT2D eigenvalue weighted by Gasteiger charge is 2.27. The molecule has 1 unspecified atom stereocenters. The lowest BCUT2D eigenvalue weighted by atomic mass is 10.1. The number of anilines is 1. The Morgan fingerprint density at radius 2 is 1.65 bits per heavy atom. The number of benzene rings is 3. The highest BCUT2D eigenvalue weighted by molar-refractivity contribution is 7.89. The first-order valence-corrected chi connectivity index (χ1v) is 11.0. The van der Waals surface area contributed by atoms with Gasteiger partial charge in [-0.25, -0.2) is 18.4 Å². The van der Waals surface area contributed by atoms with E-state index in [9.17, 15) is 18.0 Å². The molecule has 0 radical (unpaired) electrons. The first kappa shape index (κ1) is 22.5. The van der Waals surface area contributed by atoms with E-state index in [4.69, 9.17) is 21.5 Å². The summed E-state index contributed by atoms with van der Waals surface area (Å²) in [4.78, 5) is 25.2. The van der Waals surface area contributed by atoms with Crippen molar-refractivity contribution in [3.63, 3.8) is 0 Å². The van der Waals surface area contributed by atoms with Crippen molar-refractivity contribution in [3.05, 3.63) is 94.5 Å². The van der Waals surface area contributed by atoms with E-state index in [1.165, 1.54) is 12.1 Å². The number of aryl methyl sites for hydroxylation is 1. The van der Waals surface area contributed by atoms with Crippen LogP contribution in [0.25, 0.3) is 0 Å². The molecule has 1 amide bonds. The molecule has 0 saturated heterocycles. The lowest BCUT2D eigenvalue weighted by Gasteiger charge is -2.18. The molecular weight excluding hydrogens is 440 g/mol. The van der Waals surface area contributed by atoms with Gasteiger partial charge in [0.1, 0.15) is 4.90 Å². The second-order valence-electron chi connectivity index (χ2n) is 6.74. The molecule has 160 valence electrons. The lowest BCUT2D eigenvalue weighted by molar-refractivity contribution is -0.125. The first-order chi connectivity index (χ1) is 14.6. The topological polar surface area (TPSA) is 116 Å². The summed E-state index contributed by atoms with van der Waals surface area (Å²) in [5.41, 5.74) is 1.90. The molecule has 3 rings (SSSR count). The van der Waals surface area contributed by atoms with E-state index in [2.05, 4.69) is 5.32 Å². The Labute approximate surface area is 184 Å². The maximum absolute atomic E-state index is 12.9. The van der Waals surface area contributed by atoms with Crippen molar-refractivity contribution in [1.29, 1.82) is 0 Å². The smallest absolute Gasteiger partial charge is 0.339 e. The third kappa shape index (κ3) is 5.69. The van der Waals surface area contributed by atoms with Crippen molar-refractivity contribution in [2.75, 3.05) is 5.32 Å². The van der Waals surface area contributed by atoms with Gasteiger partial charge in [-0.05, 0) is 37.3 Å². The SMILES string of the molecule is Cc1ccc(NC(=O)C(OC(=O)c2ccc(Cl)c(S(N)(=O)=O)c2)c2ccccc2)cc1. The summed E-state index contributed by atoms with van der Waals surface area (Å²) in [6, 6.07) is 19.1. The van der Waals surface area contributed by atoms with Gasteiger partial charge in [0.25, 0.3) is 5.91 Å². The highest BCUT2D eigenvalue weighted by Crippen LogP contribution is 2.25. The number of carbonyl (C=O) groups excluding carboxylic acids is 2. The van der Waals surface area contributed by atoms with Crippen LogP contribution < -0.4 is 10.5 Å². The van der Waals surface area contributed by atoms with Gasteiger partial charge in [0.15, 0.2) is 0 Å². The van der Waals surface area contributed by atoms with Crippen LogP contribution in [0.15, 0.2) is 77.7 Å². The van der Waals surface area contributed by atoms with Crippen LogP contribution in [0.5, 0.6) is 0 Å². The van der Waals surface area contributed by atoms with E-state index >= 15 is 0 Å². The Morgan fingerprint density at radius 3 is 2.26 bits per heavy atom. The largest absolute Gasteiger partial charge is 0.444 e. The maximum atomic E-state index is 12.9. The second kappa shape index (κ2) is 9.30. The molecule has 0 saturated carbocycles. The number of nitrogens with two attached hydrogens (primary N) is 1. The van der Waals surface area contributed by atoms with Crippen LogP contribution in [-0.4, -0.2) is 20.3 Å². The third-order valence-corrected chi connectivity index (χ3v) is 5.75. The fourth-order valence-electron chi connectivity index (χ4n) is 2.77. The predicted molar refractivity (Wildman–Crippen MR) is 117 cm³/mol. The van der Waals surface area contributed by atoms with Crippen molar-refractivity contribution in [2.45, 2.75) is 17.9 Å². The van der Waals surface area contributed by atoms with E-state index in [-0.39, 0.29) is 10.6 Å². The van der Waals surface area contributed by atoms with Gasteiger partial charge in [0.2, 0.25) is 16.1 Å². The third-order valence-electron chi connectivity index (χ3n) is 4.36. The molecule has 3 aromatic carbocycles. The molecule has 0 bridgehead atoms. The number of amides is 1. The first-order valence-electron chi connectivity index (χ1n) is 9.11. The molecule has 3 N–H and O–H groups in total. The molecule has 0 spiro atoms. The molecule has 7 nitrogen and oxygen atoms in total. The maximum Gasteiger partial charge on any atom is 0.339 e. The predicted octanol–water partition coefficient (Wildman–Crippen LogP) is 3.83. The number of rotatable bonds is 6. The molecule has 0 aliphatic carbocycles. The highest BCUT2D eigenvalue weighted by atomic mass is 35.5. The summed E-state index contributed by atoms with van der Waals surface area (Å²) in [7, 11) is -4.15. The molecule has 1 atom stereocenters. The van der Waals surface area contributed by atoms with E-state index < -0.39 is 32.9 Å². The summed E-state index contributed by atoms with van der Waals surface area (Å²) in [6.45, 7) is 1.92. The molecule has 0 heterocycles. The molecule has 31 heavy (non-hydrogen) atoms. The van der Waals surface area contributed by atoms with Crippen LogP contribution >= 0.6 is 11.6 Å². The molecule has 9 heteroatoms. The van der Waals surface area contributed by atoms with Crippen molar-refractivity contribution in [1.82, 2.24) is 0 Å². The zero-order valence-electron chi connectivity index (χ0n) is 16.4. The van der Waals surface area contributed by atoms with Gasteiger partial charge in [-0.15, -0.1) is 0 Å². The Bertz CT molecular complexity index is 1210. The normalized spacial score (nSPS) is 12.1. The zero-order chi connectivity index (χ0) is 22.6. The van der Waals surface area contributed by atoms with Gasteiger partial charge < -0.3 is 10.1 Å². The number of hydrogen-bond acceptors (Lipinski definition) is 5. The average molecular weight is 459 g/mol. The number of esters is 1. The van der Waals surface area contributed by atoms with E-state index in [0.717, 1.165) is 11.6 Å². The minimum absolute atomic E-state index is 0.113. The van der Waals surface area contributed by atoms with Crippen molar-refractivity contribution >= 4 is 39.2 Å². The summed E-state index contributed by atoms with van der Waals surface area (Å²) in [6.07, 6.45) is -1.27. The van der Waals surface area contributed by atoms with Crippen molar-refractivity contribution in [2.24, 2.45) is 5.14 Å². The summed E-state index contributed by atoms with van der Waals surface area (Å²) >= 11 is 5.86. The number of primary sulfonamides is 1. The van der Waals surface area contributed by atoms with Crippen LogP contribution in [0.1, 0.15) is 27.6 Å². The molecule has 0 aliphatic rings. The molecule has 0 aromatic heterocycles. The van der Waals surface area contributed by atoms with E-state index in [1.807, 2.05) is 19.1 Å². The van der Waals surface area contributed by atoms with E-state index in [0.29, 0.717) is 11.3 Å². The van der Waals surface area contributed by atoms with Gasteiger partial charge in [0.05, 0.1) is 10.6 Å². The van der Waals surface area contributed by atoms with Gasteiger partial charge in [0, 0.05) is 11.3 Å². The number of ether oxygens (including phenoxy) is 1. The van der Waals surface area contributed by atoms with Gasteiger partial charge in [-0.3, -0.25) is 4.79 Å². The lowest BCUT2D eigenvalue weighted by Crippen LogP contribution is -2.26. The van der Waals surface area contributed by atoms with Crippen molar-refractivity contribution < 1.29 is 22.7 Å². The second-order valence-corrected chi connectivity index (χ2v) is 8.68. The molecular formula is C22H19ClN2O5S. The number of sulfonamides is 1. The van der Waals surface area contributed by atoms with Crippen LogP contribution in [0.3, 0.4) is 0 Å². The summed E-state index contributed by atoms with van der Waals surface area (Å²) < 4.78 is 28.8. The quantitative estimate of drug-likeness (QED) is 0.544. The Balaban J connectivity index is 1.89. The number of nitrogens with one attached hydrogen (secondary N) is 1. The number of carbonyl (C=O) groups is 2. The van der Waals surface area contributed by atoms with Gasteiger partial charge in [-0.2, -0.15) is 0 Å². The van der Waals surface area contributed by atoms with Gasteiger partial charge in [-0.1, -0.05) is 59.6 Å². The zero-order valence-corrected chi connectivity index (χ0v) is 18.0. The minimum Gasteiger partial charge on any atom is -0.444 e. The average Bonchev–Trinajstić information content (AvgIpc) is 2.73. The Morgan fingerprint density at radius 1 is 1.00 bits per heavy atom. The minimum atomic E-state index is -4.15. The van der Waals surface area contributed by atoms with Crippen molar-refractivity contribution in [3.8, 4) is 0 Å². The molecule has 0 fully saturated rings. The Hall–Kier alpha value is -3.20.